The van der Waals surface area contributed by atoms with Crippen LogP contribution in [0.2, 0.25) is 0 Å². The third-order valence-corrected chi connectivity index (χ3v) is 4.90. The molecule has 5 heteroatoms. The fraction of sp³-hybridized carbons (Fsp3) is 0.364. The monoisotopic (exact) mass is 366 g/mol. The number of carbonyl (C=O) groups excluding carboxylic acids is 2. The van der Waals surface area contributed by atoms with Crippen LogP contribution >= 0.6 is 0 Å². The normalized spacial score (nSPS) is 16.4. The van der Waals surface area contributed by atoms with Crippen molar-refractivity contribution in [3.05, 3.63) is 59.7 Å². The van der Waals surface area contributed by atoms with Gasteiger partial charge in [-0.3, -0.25) is 9.59 Å². The summed E-state index contributed by atoms with van der Waals surface area (Å²) < 4.78 is 5.69. The first-order valence-electron chi connectivity index (χ1n) is 9.44. The van der Waals surface area contributed by atoms with E-state index in [1.54, 1.807) is 4.90 Å². The van der Waals surface area contributed by atoms with Crippen LogP contribution in [-0.4, -0.2) is 31.5 Å². The SMILES string of the molecule is CCc1ccc(N2C[C@@H](C(=O)NCCOc3ccccc3C)CC2=O)cc1. The van der Waals surface area contributed by atoms with Crippen LogP contribution in [0, 0.1) is 12.8 Å². The average Bonchev–Trinajstić information content (AvgIpc) is 3.08. The summed E-state index contributed by atoms with van der Waals surface area (Å²) in [5.74, 6) is 0.409. The minimum atomic E-state index is -0.318. The molecule has 0 aromatic heterocycles. The van der Waals surface area contributed by atoms with E-state index in [-0.39, 0.29) is 24.2 Å². The smallest absolute Gasteiger partial charge is 0.227 e. The zero-order valence-electron chi connectivity index (χ0n) is 15.9. The molecule has 0 bridgehead atoms. The standard InChI is InChI=1S/C22H26N2O3/c1-3-17-8-10-19(11-9-17)24-15-18(14-21(24)25)22(26)23-12-13-27-20-7-5-4-6-16(20)2/h4-11,18H,3,12-15H2,1-2H3,(H,23,26)/t18-/m0/s1. The zero-order valence-corrected chi connectivity index (χ0v) is 15.9. The van der Waals surface area contributed by atoms with Crippen LogP contribution in [0.3, 0.4) is 0 Å². The molecule has 1 heterocycles. The van der Waals surface area contributed by atoms with Gasteiger partial charge in [-0.25, -0.2) is 0 Å². The number of amides is 2. The van der Waals surface area contributed by atoms with Crippen molar-refractivity contribution in [2.75, 3.05) is 24.6 Å². The molecule has 0 aliphatic carbocycles. The summed E-state index contributed by atoms with van der Waals surface area (Å²) in [5, 5.41) is 2.88. The van der Waals surface area contributed by atoms with Gasteiger partial charge in [0, 0.05) is 18.7 Å². The molecule has 0 saturated carbocycles. The van der Waals surface area contributed by atoms with Gasteiger partial charge in [0.05, 0.1) is 12.5 Å². The van der Waals surface area contributed by atoms with Gasteiger partial charge in [0.1, 0.15) is 12.4 Å². The zero-order chi connectivity index (χ0) is 19.2. The maximum Gasteiger partial charge on any atom is 0.227 e. The lowest BCUT2D eigenvalue weighted by atomic mass is 10.1. The van der Waals surface area contributed by atoms with Crippen LogP contribution in [0.25, 0.3) is 0 Å². The number of hydrogen-bond donors (Lipinski definition) is 1. The minimum absolute atomic E-state index is 0.00411. The lowest BCUT2D eigenvalue weighted by Gasteiger charge is -2.17. The van der Waals surface area contributed by atoms with Gasteiger partial charge in [0.25, 0.3) is 0 Å². The lowest BCUT2D eigenvalue weighted by molar-refractivity contribution is -0.126. The van der Waals surface area contributed by atoms with E-state index in [0.717, 1.165) is 23.4 Å². The largest absolute Gasteiger partial charge is 0.491 e. The van der Waals surface area contributed by atoms with Gasteiger partial charge in [0.15, 0.2) is 0 Å². The molecule has 2 amide bonds. The van der Waals surface area contributed by atoms with E-state index < -0.39 is 0 Å². The summed E-state index contributed by atoms with van der Waals surface area (Å²) in [4.78, 5) is 26.4. The van der Waals surface area contributed by atoms with Gasteiger partial charge >= 0.3 is 0 Å². The number of rotatable bonds is 7. The fourth-order valence-corrected chi connectivity index (χ4v) is 3.24. The van der Waals surface area contributed by atoms with Crippen LogP contribution in [0.15, 0.2) is 48.5 Å². The highest BCUT2D eigenvalue weighted by atomic mass is 16.5. The molecule has 1 N–H and O–H groups in total. The molecule has 0 unspecified atom stereocenters. The maximum absolute atomic E-state index is 12.4. The Kier molecular flexibility index (Phi) is 6.12. The van der Waals surface area contributed by atoms with Gasteiger partial charge in [0.2, 0.25) is 11.8 Å². The summed E-state index contributed by atoms with van der Waals surface area (Å²) in [6, 6.07) is 15.7. The third kappa shape index (κ3) is 4.67. The number of nitrogens with zero attached hydrogens (tertiary/aromatic N) is 1. The van der Waals surface area contributed by atoms with Gasteiger partial charge in [-0.1, -0.05) is 37.3 Å². The van der Waals surface area contributed by atoms with Gasteiger partial charge in [-0.05, 0) is 42.7 Å². The van der Waals surface area contributed by atoms with Crippen LogP contribution < -0.4 is 15.0 Å². The first-order valence-corrected chi connectivity index (χ1v) is 9.44. The highest BCUT2D eigenvalue weighted by Gasteiger charge is 2.34. The van der Waals surface area contributed by atoms with Gasteiger partial charge in [-0.2, -0.15) is 0 Å². The van der Waals surface area contributed by atoms with Crippen molar-refractivity contribution in [2.45, 2.75) is 26.7 Å². The molecule has 1 saturated heterocycles. The Bertz CT molecular complexity index is 801. The Morgan fingerprint density at radius 3 is 2.63 bits per heavy atom. The molecule has 2 aromatic carbocycles. The number of aryl methyl sites for hydroxylation is 2. The molecule has 1 aliphatic heterocycles. The summed E-state index contributed by atoms with van der Waals surface area (Å²) in [7, 11) is 0. The topological polar surface area (TPSA) is 58.6 Å². The predicted octanol–water partition coefficient (Wildman–Crippen LogP) is 3.11. The van der Waals surface area contributed by atoms with Crippen molar-refractivity contribution in [3.63, 3.8) is 0 Å². The molecule has 0 radical (unpaired) electrons. The van der Waals surface area contributed by atoms with E-state index >= 15 is 0 Å². The van der Waals surface area contributed by atoms with E-state index in [0.29, 0.717) is 19.7 Å². The number of benzene rings is 2. The Balaban J connectivity index is 1.48. The number of carbonyl (C=O) groups is 2. The third-order valence-electron chi connectivity index (χ3n) is 4.90. The summed E-state index contributed by atoms with van der Waals surface area (Å²) in [6.07, 6.45) is 1.21. The molecule has 1 atom stereocenters. The van der Waals surface area contributed by atoms with Crippen LogP contribution in [0.4, 0.5) is 5.69 Å². The predicted molar refractivity (Wildman–Crippen MR) is 106 cm³/mol. The Morgan fingerprint density at radius 2 is 1.93 bits per heavy atom. The molecular weight excluding hydrogens is 340 g/mol. The Morgan fingerprint density at radius 1 is 1.19 bits per heavy atom. The van der Waals surface area contributed by atoms with Crippen molar-refractivity contribution in [2.24, 2.45) is 5.92 Å². The minimum Gasteiger partial charge on any atom is -0.491 e. The number of hydrogen-bond acceptors (Lipinski definition) is 3. The molecule has 142 valence electrons. The highest BCUT2D eigenvalue weighted by Crippen LogP contribution is 2.25. The number of anilines is 1. The van der Waals surface area contributed by atoms with Crippen LogP contribution in [0.1, 0.15) is 24.5 Å². The molecule has 2 aromatic rings. The molecular formula is C22H26N2O3. The quantitative estimate of drug-likeness (QED) is 0.766. The summed E-state index contributed by atoms with van der Waals surface area (Å²) in [5.41, 5.74) is 3.15. The van der Waals surface area contributed by atoms with E-state index in [4.69, 9.17) is 4.74 Å². The van der Waals surface area contributed by atoms with Gasteiger partial charge in [-0.15, -0.1) is 0 Å². The summed E-state index contributed by atoms with van der Waals surface area (Å²) in [6.45, 7) is 5.33. The second kappa shape index (κ2) is 8.71. The second-order valence-electron chi connectivity index (χ2n) is 6.83. The molecule has 1 aliphatic rings. The van der Waals surface area contributed by atoms with E-state index in [2.05, 4.69) is 12.2 Å². The maximum atomic E-state index is 12.4. The lowest BCUT2D eigenvalue weighted by Crippen LogP contribution is -2.35. The van der Waals surface area contributed by atoms with Crippen molar-refractivity contribution in [3.8, 4) is 5.75 Å². The molecule has 1 fully saturated rings. The molecule has 27 heavy (non-hydrogen) atoms. The number of para-hydroxylation sites is 1. The van der Waals surface area contributed by atoms with E-state index in [1.165, 1.54) is 5.56 Å². The Hall–Kier alpha value is -2.82. The van der Waals surface area contributed by atoms with E-state index in [1.807, 2.05) is 55.5 Å². The summed E-state index contributed by atoms with van der Waals surface area (Å²) >= 11 is 0. The van der Waals surface area contributed by atoms with E-state index in [9.17, 15) is 9.59 Å². The van der Waals surface area contributed by atoms with Crippen molar-refractivity contribution < 1.29 is 14.3 Å². The highest BCUT2D eigenvalue weighted by molar-refractivity contribution is 6.00. The van der Waals surface area contributed by atoms with Crippen molar-refractivity contribution in [1.82, 2.24) is 5.32 Å². The molecule has 3 rings (SSSR count). The average molecular weight is 366 g/mol. The second-order valence-corrected chi connectivity index (χ2v) is 6.83. The van der Waals surface area contributed by atoms with Crippen molar-refractivity contribution >= 4 is 17.5 Å². The van der Waals surface area contributed by atoms with Crippen LogP contribution in [-0.2, 0) is 16.0 Å². The van der Waals surface area contributed by atoms with Gasteiger partial charge < -0.3 is 15.0 Å². The Labute approximate surface area is 160 Å². The number of nitrogens with one attached hydrogen (secondary N) is 1. The first-order chi connectivity index (χ1) is 13.1. The first kappa shape index (κ1) is 19.0. The van der Waals surface area contributed by atoms with Crippen molar-refractivity contribution in [1.29, 1.82) is 0 Å². The molecule has 0 spiro atoms. The fourth-order valence-electron chi connectivity index (χ4n) is 3.24. The molecule has 5 nitrogen and oxygen atoms in total. The number of ether oxygens (including phenoxy) is 1. The van der Waals surface area contributed by atoms with Crippen LogP contribution in [0.5, 0.6) is 5.75 Å².